The molecule has 0 unspecified atom stereocenters. The topological polar surface area (TPSA) is 70.7 Å². The molecule has 0 radical (unpaired) electrons. The van der Waals surface area contributed by atoms with Gasteiger partial charge in [-0.15, -0.1) is 5.10 Å². The molecule has 0 spiro atoms. The van der Waals surface area contributed by atoms with Gasteiger partial charge in [0.05, 0.1) is 6.20 Å². The van der Waals surface area contributed by atoms with E-state index in [2.05, 4.69) is 23.9 Å². The van der Waals surface area contributed by atoms with Crippen LogP contribution >= 0.6 is 0 Å². The summed E-state index contributed by atoms with van der Waals surface area (Å²) in [6.45, 7) is 4.12. The van der Waals surface area contributed by atoms with Crippen LogP contribution in [0.1, 0.15) is 24.3 Å². The van der Waals surface area contributed by atoms with Crippen LogP contribution in [-0.2, 0) is 0 Å². The lowest BCUT2D eigenvalue weighted by atomic mass is 10.3. The zero-order valence-corrected chi connectivity index (χ0v) is 9.95. The van der Waals surface area contributed by atoms with Crippen LogP contribution in [0.4, 0.5) is 5.82 Å². The lowest BCUT2D eigenvalue weighted by molar-refractivity contribution is 0.0691. The Morgan fingerprint density at radius 3 is 2.76 bits per heavy atom. The van der Waals surface area contributed by atoms with Crippen molar-refractivity contribution < 1.29 is 9.90 Å². The van der Waals surface area contributed by atoms with Crippen LogP contribution in [0.15, 0.2) is 18.3 Å². The molecule has 0 aliphatic heterocycles. The van der Waals surface area contributed by atoms with E-state index < -0.39 is 5.97 Å². The van der Waals surface area contributed by atoms with Crippen molar-refractivity contribution in [2.45, 2.75) is 19.9 Å². The van der Waals surface area contributed by atoms with Gasteiger partial charge in [-0.3, -0.25) is 0 Å². The number of fused-ring (bicyclic) bond motifs is 1. The minimum absolute atomic E-state index is 0.00171. The third-order valence-corrected chi connectivity index (χ3v) is 2.66. The van der Waals surface area contributed by atoms with E-state index >= 15 is 0 Å². The molecule has 17 heavy (non-hydrogen) atoms. The Balaban J connectivity index is 2.46. The Morgan fingerprint density at radius 2 is 2.18 bits per heavy atom. The molecule has 0 aromatic carbocycles. The van der Waals surface area contributed by atoms with E-state index in [0.29, 0.717) is 11.7 Å². The van der Waals surface area contributed by atoms with Crippen LogP contribution in [0, 0.1) is 0 Å². The number of nitrogens with zero attached hydrogens (tertiary/aromatic N) is 4. The lowest BCUT2D eigenvalue weighted by Gasteiger charge is -2.22. The molecule has 2 rings (SSSR count). The standard InChI is InChI=1S/C11H14N4O2/c1-7(2)14(3)10-5-4-9-12-8(11(16)17)6-15(9)13-10/h4-7H,1-3H3,(H,16,17). The molecule has 0 amide bonds. The zero-order valence-electron chi connectivity index (χ0n) is 9.95. The molecule has 2 aromatic heterocycles. The van der Waals surface area contributed by atoms with Crippen LogP contribution in [-0.4, -0.2) is 38.8 Å². The van der Waals surface area contributed by atoms with Gasteiger partial charge < -0.3 is 10.0 Å². The van der Waals surface area contributed by atoms with Crippen molar-refractivity contribution in [3.8, 4) is 0 Å². The number of imidazole rings is 1. The monoisotopic (exact) mass is 234 g/mol. The molecule has 2 heterocycles. The summed E-state index contributed by atoms with van der Waals surface area (Å²) >= 11 is 0. The Kier molecular flexibility index (Phi) is 2.71. The lowest BCUT2D eigenvalue weighted by Crippen LogP contribution is -2.26. The van der Waals surface area contributed by atoms with Crippen molar-refractivity contribution in [2.75, 3.05) is 11.9 Å². The molecule has 0 fully saturated rings. The number of carboxylic acids is 1. The maximum Gasteiger partial charge on any atom is 0.356 e. The first kappa shape index (κ1) is 11.4. The first-order valence-corrected chi connectivity index (χ1v) is 5.31. The summed E-state index contributed by atoms with van der Waals surface area (Å²) in [4.78, 5) is 16.7. The van der Waals surface area contributed by atoms with Crippen LogP contribution in [0.3, 0.4) is 0 Å². The predicted molar refractivity (Wildman–Crippen MR) is 63.5 cm³/mol. The quantitative estimate of drug-likeness (QED) is 0.866. The number of hydrogen-bond donors (Lipinski definition) is 1. The SMILES string of the molecule is CC(C)N(C)c1ccc2nc(C(=O)O)cn2n1. The molecular weight excluding hydrogens is 220 g/mol. The molecule has 1 N–H and O–H groups in total. The van der Waals surface area contributed by atoms with Crippen molar-refractivity contribution in [1.82, 2.24) is 14.6 Å². The molecule has 0 saturated carbocycles. The Morgan fingerprint density at radius 1 is 1.47 bits per heavy atom. The second kappa shape index (κ2) is 4.04. The first-order valence-electron chi connectivity index (χ1n) is 5.31. The minimum atomic E-state index is -1.05. The maximum absolute atomic E-state index is 10.8. The highest BCUT2D eigenvalue weighted by Gasteiger charge is 2.11. The van der Waals surface area contributed by atoms with Gasteiger partial charge in [0.25, 0.3) is 0 Å². The smallest absolute Gasteiger partial charge is 0.356 e. The molecule has 0 aliphatic carbocycles. The fourth-order valence-electron chi connectivity index (χ4n) is 1.43. The summed E-state index contributed by atoms with van der Waals surface area (Å²) in [7, 11) is 1.94. The van der Waals surface area contributed by atoms with Crippen LogP contribution in [0.25, 0.3) is 5.65 Å². The fraction of sp³-hybridized carbons (Fsp3) is 0.364. The van der Waals surface area contributed by atoms with E-state index in [-0.39, 0.29) is 5.69 Å². The van der Waals surface area contributed by atoms with E-state index in [0.717, 1.165) is 5.82 Å². The normalized spacial score (nSPS) is 11.1. The van der Waals surface area contributed by atoms with Gasteiger partial charge in [-0.05, 0) is 26.0 Å². The largest absolute Gasteiger partial charge is 0.476 e. The Labute approximate surface area is 98.5 Å². The number of aromatic nitrogens is 3. The summed E-state index contributed by atoms with van der Waals surface area (Å²) in [6.07, 6.45) is 1.41. The van der Waals surface area contributed by atoms with Gasteiger partial charge >= 0.3 is 5.97 Å². The summed E-state index contributed by atoms with van der Waals surface area (Å²) in [5, 5.41) is 13.2. The van der Waals surface area contributed by atoms with E-state index in [1.165, 1.54) is 10.7 Å². The second-order valence-electron chi connectivity index (χ2n) is 4.13. The minimum Gasteiger partial charge on any atom is -0.476 e. The van der Waals surface area contributed by atoms with Crippen molar-refractivity contribution in [1.29, 1.82) is 0 Å². The summed E-state index contributed by atoms with van der Waals surface area (Å²) in [5.74, 6) is -0.267. The summed E-state index contributed by atoms with van der Waals surface area (Å²) in [6, 6.07) is 3.91. The predicted octanol–water partition coefficient (Wildman–Crippen LogP) is 1.27. The molecule has 2 aromatic rings. The van der Waals surface area contributed by atoms with Crippen LogP contribution < -0.4 is 4.90 Å². The molecule has 0 atom stereocenters. The average Bonchev–Trinajstić information content (AvgIpc) is 2.70. The van der Waals surface area contributed by atoms with Crippen LogP contribution in [0.2, 0.25) is 0 Å². The highest BCUT2D eigenvalue weighted by Crippen LogP contribution is 2.13. The molecule has 6 nitrogen and oxygen atoms in total. The second-order valence-corrected chi connectivity index (χ2v) is 4.13. The van der Waals surface area contributed by atoms with Crippen molar-refractivity contribution in [3.05, 3.63) is 24.0 Å². The molecule has 0 bridgehead atoms. The zero-order chi connectivity index (χ0) is 12.6. The number of anilines is 1. The maximum atomic E-state index is 10.8. The molecular formula is C11H14N4O2. The van der Waals surface area contributed by atoms with Crippen LogP contribution in [0.5, 0.6) is 0 Å². The Hall–Kier alpha value is -2.11. The van der Waals surface area contributed by atoms with E-state index in [9.17, 15) is 4.79 Å². The van der Waals surface area contributed by atoms with Gasteiger partial charge in [0.2, 0.25) is 0 Å². The van der Waals surface area contributed by atoms with Gasteiger partial charge in [0.1, 0.15) is 5.82 Å². The average molecular weight is 234 g/mol. The van der Waals surface area contributed by atoms with E-state index in [1.54, 1.807) is 6.07 Å². The third kappa shape index (κ3) is 2.06. The number of aromatic carboxylic acids is 1. The number of hydrogen-bond acceptors (Lipinski definition) is 4. The van der Waals surface area contributed by atoms with E-state index in [4.69, 9.17) is 5.11 Å². The van der Waals surface area contributed by atoms with Gasteiger partial charge in [-0.25, -0.2) is 14.3 Å². The molecule has 0 aliphatic rings. The third-order valence-electron chi connectivity index (χ3n) is 2.66. The summed E-state index contributed by atoms with van der Waals surface area (Å²) < 4.78 is 1.48. The van der Waals surface area contributed by atoms with Gasteiger partial charge in [0, 0.05) is 13.1 Å². The molecule has 0 saturated heterocycles. The molecule has 90 valence electrons. The van der Waals surface area contributed by atoms with Gasteiger partial charge in [0.15, 0.2) is 11.3 Å². The van der Waals surface area contributed by atoms with Crippen molar-refractivity contribution >= 4 is 17.4 Å². The van der Waals surface area contributed by atoms with Crippen molar-refractivity contribution in [2.24, 2.45) is 0 Å². The highest BCUT2D eigenvalue weighted by molar-refractivity contribution is 5.86. The first-order chi connectivity index (χ1) is 7.99. The van der Waals surface area contributed by atoms with Gasteiger partial charge in [-0.1, -0.05) is 0 Å². The molecule has 6 heteroatoms. The summed E-state index contributed by atoms with van der Waals surface area (Å²) in [5.41, 5.74) is 0.533. The number of rotatable bonds is 3. The van der Waals surface area contributed by atoms with Gasteiger partial charge in [-0.2, -0.15) is 0 Å². The Bertz CT molecular complexity index is 562. The van der Waals surface area contributed by atoms with Crippen molar-refractivity contribution in [3.63, 3.8) is 0 Å². The number of carbonyl (C=O) groups is 1. The highest BCUT2D eigenvalue weighted by atomic mass is 16.4. The van der Waals surface area contributed by atoms with E-state index in [1.807, 2.05) is 18.0 Å². The number of carboxylic acid groups (broad SMARTS) is 1. The fourth-order valence-corrected chi connectivity index (χ4v) is 1.43.